The lowest BCUT2D eigenvalue weighted by atomic mass is 9.73. The topological polar surface area (TPSA) is 86.5 Å². The van der Waals surface area contributed by atoms with Gasteiger partial charge in [0.1, 0.15) is 11.9 Å². The van der Waals surface area contributed by atoms with Gasteiger partial charge in [-0.2, -0.15) is 5.26 Å². The fourth-order valence-electron chi connectivity index (χ4n) is 4.34. The Balaban J connectivity index is 1.90. The number of likely N-dealkylation sites (tertiary alicyclic amines) is 1. The van der Waals surface area contributed by atoms with Gasteiger partial charge in [0.25, 0.3) is 0 Å². The number of nitrogens with zero attached hydrogens (tertiary/aromatic N) is 4. The van der Waals surface area contributed by atoms with Crippen LogP contribution < -0.4 is 4.90 Å². The summed E-state index contributed by atoms with van der Waals surface area (Å²) < 4.78 is 4.79. The molecule has 1 spiro atoms. The van der Waals surface area contributed by atoms with Crippen molar-refractivity contribution < 1.29 is 14.3 Å². The molecular formula is C20H26N4O3. The van der Waals surface area contributed by atoms with E-state index in [1.54, 1.807) is 13.0 Å². The first-order valence-electron chi connectivity index (χ1n) is 9.46. The van der Waals surface area contributed by atoms with Crippen LogP contribution in [0.3, 0.4) is 0 Å². The van der Waals surface area contributed by atoms with Gasteiger partial charge in [-0.15, -0.1) is 0 Å². The molecule has 2 aliphatic heterocycles. The van der Waals surface area contributed by atoms with Crippen LogP contribution in [0.4, 0.5) is 5.82 Å². The molecule has 1 aromatic rings. The maximum atomic E-state index is 12.1. The van der Waals surface area contributed by atoms with E-state index in [0.29, 0.717) is 29.1 Å². The summed E-state index contributed by atoms with van der Waals surface area (Å²) in [7, 11) is 1.32. The first-order valence-corrected chi connectivity index (χ1v) is 9.46. The number of piperidine rings is 2. The Morgan fingerprint density at radius 1 is 1.41 bits per heavy atom. The van der Waals surface area contributed by atoms with Crippen LogP contribution in [0.2, 0.25) is 0 Å². The van der Waals surface area contributed by atoms with E-state index in [2.05, 4.69) is 16.0 Å². The molecule has 0 radical (unpaired) electrons. The minimum Gasteiger partial charge on any atom is -0.465 e. The molecule has 0 aromatic carbocycles. The Morgan fingerprint density at radius 2 is 2.19 bits per heavy atom. The minimum absolute atomic E-state index is 0.0471. The summed E-state index contributed by atoms with van der Waals surface area (Å²) in [6, 6.07) is 3.76. The van der Waals surface area contributed by atoms with Gasteiger partial charge in [-0.3, -0.25) is 4.79 Å². The fraction of sp³-hybridized carbons (Fsp3) is 0.600. The second-order valence-corrected chi connectivity index (χ2v) is 7.53. The fourth-order valence-corrected chi connectivity index (χ4v) is 4.34. The van der Waals surface area contributed by atoms with Crippen molar-refractivity contribution in [1.82, 2.24) is 9.88 Å². The van der Waals surface area contributed by atoms with E-state index < -0.39 is 5.97 Å². The molecule has 1 amide bonds. The zero-order valence-electron chi connectivity index (χ0n) is 16.2. The second-order valence-electron chi connectivity index (χ2n) is 7.53. The smallest absolute Gasteiger partial charge is 0.339 e. The maximum absolute atomic E-state index is 12.1. The molecule has 3 rings (SSSR count). The molecule has 0 aliphatic carbocycles. The molecule has 27 heavy (non-hydrogen) atoms. The number of rotatable bonds is 3. The van der Waals surface area contributed by atoms with Crippen molar-refractivity contribution in [2.45, 2.75) is 39.5 Å². The number of methoxy groups -OCH3 is 1. The van der Waals surface area contributed by atoms with Crippen LogP contribution >= 0.6 is 0 Å². The van der Waals surface area contributed by atoms with Crippen molar-refractivity contribution in [2.75, 3.05) is 38.2 Å². The summed E-state index contributed by atoms with van der Waals surface area (Å²) in [5, 5.41) is 9.61. The number of nitriles is 1. The molecule has 0 N–H and O–H groups in total. The highest BCUT2D eigenvalue weighted by Gasteiger charge is 2.42. The monoisotopic (exact) mass is 370 g/mol. The van der Waals surface area contributed by atoms with Crippen molar-refractivity contribution in [3.63, 3.8) is 0 Å². The lowest BCUT2D eigenvalue weighted by Gasteiger charge is -2.48. The summed E-state index contributed by atoms with van der Waals surface area (Å²) in [4.78, 5) is 32.7. The highest BCUT2D eigenvalue weighted by molar-refractivity contribution is 5.91. The normalized spacial score (nSPS) is 22.7. The number of aromatic nitrogens is 1. The Kier molecular flexibility index (Phi) is 5.36. The van der Waals surface area contributed by atoms with Crippen LogP contribution in [-0.4, -0.2) is 55.0 Å². The summed E-state index contributed by atoms with van der Waals surface area (Å²) in [6.45, 7) is 6.86. The molecule has 0 saturated carbocycles. The average Bonchev–Trinajstić information content (AvgIpc) is 2.69. The Labute approximate surface area is 159 Å². The largest absolute Gasteiger partial charge is 0.465 e. The predicted molar refractivity (Wildman–Crippen MR) is 100 cm³/mol. The van der Waals surface area contributed by atoms with E-state index in [4.69, 9.17) is 4.74 Å². The molecule has 0 unspecified atom stereocenters. The van der Waals surface area contributed by atoms with Crippen molar-refractivity contribution in [1.29, 1.82) is 5.26 Å². The van der Waals surface area contributed by atoms with Crippen LogP contribution in [0.1, 0.15) is 54.2 Å². The van der Waals surface area contributed by atoms with Crippen LogP contribution in [0, 0.1) is 23.7 Å². The standard InChI is InChI=1S/C20H26N4O3/c1-4-23-12-20(8-6-17(23)25)7-5-9-24(13-20)18-15(11-21)10-16(14(2)22-18)19(26)27-3/h10H,4-9,12-13H2,1-3H3/t20-/m1/s1. The van der Waals surface area contributed by atoms with Gasteiger partial charge in [-0.25, -0.2) is 9.78 Å². The lowest BCUT2D eigenvalue weighted by Crippen LogP contribution is -2.54. The SMILES string of the molecule is CCN1C[C@@]2(CCCN(c3nc(C)c(C(=O)OC)cc3C#N)C2)CCC1=O. The number of aryl methyl sites for hydroxylation is 1. The third-order valence-corrected chi connectivity index (χ3v) is 5.81. The molecule has 1 aromatic heterocycles. The van der Waals surface area contributed by atoms with Crippen LogP contribution in [0.5, 0.6) is 0 Å². The first-order chi connectivity index (χ1) is 12.9. The number of carbonyl (C=O) groups is 2. The van der Waals surface area contributed by atoms with Crippen LogP contribution in [0.25, 0.3) is 0 Å². The average molecular weight is 370 g/mol. The van der Waals surface area contributed by atoms with Gasteiger partial charge in [0.2, 0.25) is 5.91 Å². The van der Waals surface area contributed by atoms with Gasteiger partial charge in [0.05, 0.1) is 23.9 Å². The number of hydrogen-bond acceptors (Lipinski definition) is 6. The van der Waals surface area contributed by atoms with Gasteiger partial charge in [0.15, 0.2) is 0 Å². The highest BCUT2D eigenvalue weighted by atomic mass is 16.5. The summed E-state index contributed by atoms with van der Waals surface area (Å²) in [6.07, 6.45) is 3.53. The number of pyridine rings is 1. The second kappa shape index (κ2) is 7.55. The van der Waals surface area contributed by atoms with Gasteiger partial charge in [-0.05, 0) is 39.2 Å². The molecule has 1 atom stereocenters. The van der Waals surface area contributed by atoms with Gasteiger partial charge in [-0.1, -0.05) is 0 Å². The summed E-state index contributed by atoms with van der Waals surface area (Å²) in [5.41, 5.74) is 1.32. The van der Waals surface area contributed by atoms with E-state index in [1.807, 2.05) is 11.8 Å². The maximum Gasteiger partial charge on any atom is 0.339 e. The molecule has 2 fully saturated rings. The number of anilines is 1. The predicted octanol–water partition coefficient (Wildman–Crippen LogP) is 2.28. The zero-order valence-corrected chi connectivity index (χ0v) is 16.2. The molecule has 2 saturated heterocycles. The van der Waals surface area contributed by atoms with Crippen LogP contribution in [-0.2, 0) is 9.53 Å². The van der Waals surface area contributed by atoms with Gasteiger partial charge in [0, 0.05) is 38.0 Å². The number of hydrogen-bond donors (Lipinski definition) is 0. The number of esters is 1. The molecule has 7 nitrogen and oxygen atoms in total. The first kappa shape index (κ1) is 19.2. The van der Waals surface area contributed by atoms with Crippen molar-refractivity contribution in [3.05, 3.63) is 22.9 Å². The lowest BCUT2D eigenvalue weighted by molar-refractivity contribution is -0.137. The molecular weight excluding hydrogens is 344 g/mol. The third kappa shape index (κ3) is 3.61. The van der Waals surface area contributed by atoms with Crippen molar-refractivity contribution in [2.24, 2.45) is 5.41 Å². The van der Waals surface area contributed by atoms with Crippen molar-refractivity contribution >= 4 is 17.7 Å². The van der Waals surface area contributed by atoms with Gasteiger partial charge < -0.3 is 14.5 Å². The number of carbonyl (C=O) groups excluding carboxylic acids is 2. The van der Waals surface area contributed by atoms with E-state index in [9.17, 15) is 14.9 Å². The molecule has 7 heteroatoms. The molecule has 144 valence electrons. The van der Waals surface area contributed by atoms with Crippen molar-refractivity contribution in [3.8, 4) is 6.07 Å². The van der Waals surface area contributed by atoms with E-state index in [-0.39, 0.29) is 11.3 Å². The molecule has 3 heterocycles. The van der Waals surface area contributed by atoms with E-state index >= 15 is 0 Å². The van der Waals surface area contributed by atoms with Gasteiger partial charge >= 0.3 is 5.97 Å². The summed E-state index contributed by atoms with van der Waals surface area (Å²) in [5.74, 6) is 0.374. The Hall–Kier alpha value is -2.62. The van der Waals surface area contributed by atoms with E-state index in [1.165, 1.54) is 7.11 Å². The van der Waals surface area contributed by atoms with E-state index in [0.717, 1.165) is 45.4 Å². The molecule has 2 aliphatic rings. The zero-order chi connectivity index (χ0) is 19.6. The van der Waals surface area contributed by atoms with Crippen LogP contribution in [0.15, 0.2) is 6.07 Å². The number of ether oxygens (including phenoxy) is 1. The Bertz CT molecular complexity index is 801. The number of amides is 1. The molecule has 0 bridgehead atoms. The highest BCUT2D eigenvalue weighted by Crippen LogP contribution is 2.40. The summed E-state index contributed by atoms with van der Waals surface area (Å²) >= 11 is 0. The third-order valence-electron chi connectivity index (χ3n) is 5.81. The Morgan fingerprint density at radius 3 is 2.85 bits per heavy atom. The minimum atomic E-state index is -0.484. The quantitative estimate of drug-likeness (QED) is 0.759.